The Balaban J connectivity index is 2.16. The van der Waals surface area contributed by atoms with Crippen molar-refractivity contribution < 1.29 is 0 Å². The van der Waals surface area contributed by atoms with E-state index in [-0.39, 0.29) is 0 Å². The molecule has 0 saturated carbocycles. The Morgan fingerprint density at radius 3 is 2.08 bits per heavy atom. The molecule has 2 saturated heterocycles. The molecule has 0 aromatic carbocycles. The fourth-order valence-electron chi connectivity index (χ4n) is 3.35. The molecule has 2 rings (SSSR count). The Bertz CT molecular complexity index is 171. The van der Waals surface area contributed by atoms with Crippen molar-refractivity contribution >= 4 is 0 Å². The molecule has 3 atom stereocenters. The SMILES string of the molecule is CC[C@H]1C[C@]2(C)CC[C@](C)(C1)N2. The van der Waals surface area contributed by atoms with Crippen molar-refractivity contribution in [1.82, 2.24) is 5.32 Å². The van der Waals surface area contributed by atoms with Crippen LogP contribution in [0.15, 0.2) is 0 Å². The smallest absolute Gasteiger partial charge is 0.0161 e. The number of hydrogen-bond donors (Lipinski definition) is 1. The zero-order valence-electron chi connectivity index (χ0n) is 8.61. The lowest BCUT2D eigenvalue weighted by Crippen LogP contribution is -2.53. The maximum atomic E-state index is 3.81. The Morgan fingerprint density at radius 2 is 1.67 bits per heavy atom. The van der Waals surface area contributed by atoms with Crippen molar-refractivity contribution in [3.05, 3.63) is 0 Å². The third kappa shape index (κ3) is 1.28. The number of fused-ring (bicyclic) bond motifs is 2. The molecule has 1 N–H and O–H groups in total. The van der Waals surface area contributed by atoms with Crippen LogP contribution in [-0.4, -0.2) is 11.1 Å². The van der Waals surface area contributed by atoms with Crippen molar-refractivity contribution in [2.45, 2.75) is 64.0 Å². The topological polar surface area (TPSA) is 12.0 Å². The van der Waals surface area contributed by atoms with Gasteiger partial charge < -0.3 is 5.32 Å². The molecule has 0 spiro atoms. The van der Waals surface area contributed by atoms with Gasteiger partial charge in [-0.05, 0) is 45.4 Å². The predicted octanol–water partition coefficient (Wildman–Crippen LogP) is 2.71. The van der Waals surface area contributed by atoms with Gasteiger partial charge in [-0.1, -0.05) is 13.3 Å². The molecule has 2 heterocycles. The minimum Gasteiger partial charge on any atom is -0.306 e. The van der Waals surface area contributed by atoms with Gasteiger partial charge in [0.05, 0.1) is 0 Å². The van der Waals surface area contributed by atoms with Crippen LogP contribution in [0.3, 0.4) is 0 Å². The van der Waals surface area contributed by atoms with Gasteiger partial charge >= 0.3 is 0 Å². The molecular weight excluding hydrogens is 146 g/mol. The minimum absolute atomic E-state index is 0.480. The Labute approximate surface area is 75.9 Å². The van der Waals surface area contributed by atoms with Crippen molar-refractivity contribution in [1.29, 1.82) is 0 Å². The summed E-state index contributed by atoms with van der Waals surface area (Å²) in [5.41, 5.74) is 0.960. The van der Waals surface area contributed by atoms with Crippen LogP contribution in [-0.2, 0) is 0 Å². The molecule has 2 fully saturated rings. The molecule has 2 aliphatic rings. The number of hydrogen-bond acceptors (Lipinski definition) is 1. The van der Waals surface area contributed by atoms with Gasteiger partial charge in [0.1, 0.15) is 0 Å². The zero-order valence-corrected chi connectivity index (χ0v) is 8.61. The van der Waals surface area contributed by atoms with Gasteiger partial charge in [0.2, 0.25) is 0 Å². The monoisotopic (exact) mass is 167 g/mol. The van der Waals surface area contributed by atoms with Crippen LogP contribution in [0.25, 0.3) is 0 Å². The highest BCUT2D eigenvalue weighted by Crippen LogP contribution is 2.45. The lowest BCUT2D eigenvalue weighted by molar-refractivity contribution is 0.168. The summed E-state index contributed by atoms with van der Waals surface area (Å²) in [6.45, 7) is 7.14. The van der Waals surface area contributed by atoms with E-state index in [2.05, 4.69) is 26.1 Å². The number of nitrogens with one attached hydrogen (secondary N) is 1. The predicted molar refractivity (Wildman–Crippen MR) is 52.2 cm³/mol. The maximum absolute atomic E-state index is 3.81. The third-order valence-corrected chi connectivity index (χ3v) is 3.89. The summed E-state index contributed by atoms with van der Waals surface area (Å²) in [6, 6.07) is 0. The van der Waals surface area contributed by atoms with Gasteiger partial charge in [0.15, 0.2) is 0 Å². The molecule has 0 unspecified atom stereocenters. The molecule has 0 amide bonds. The summed E-state index contributed by atoms with van der Waals surface area (Å²) in [5, 5.41) is 3.81. The fourth-order valence-corrected chi connectivity index (χ4v) is 3.35. The molecule has 2 aliphatic heterocycles. The van der Waals surface area contributed by atoms with E-state index >= 15 is 0 Å². The normalized spacial score (nSPS) is 52.8. The standard InChI is InChI=1S/C11H21N/c1-4-9-7-10(2)5-6-11(3,8-9)12-10/h9,12H,4-8H2,1-3H3/t9-,10-,11+. The summed E-state index contributed by atoms with van der Waals surface area (Å²) >= 11 is 0. The molecule has 12 heavy (non-hydrogen) atoms. The molecule has 1 heteroatoms. The van der Waals surface area contributed by atoms with Crippen LogP contribution in [0.1, 0.15) is 52.9 Å². The molecule has 2 bridgehead atoms. The highest BCUT2D eigenvalue weighted by Gasteiger charge is 2.47. The second-order valence-corrected chi connectivity index (χ2v) is 5.43. The Kier molecular flexibility index (Phi) is 1.76. The first kappa shape index (κ1) is 8.55. The first-order valence-electron chi connectivity index (χ1n) is 5.35. The number of piperidine rings is 1. The molecule has 0 aromatic rings. The van der Waals surface area contributed by atoms with Crippen LogP contribution in [0, 0.1) is 5.92 Å². The van der Waals surface area contributed by atoms with Gasteiger partial charge in [0, 0.05) is 11.1 Å². The van der Waals surface area contributed by atoms with E-state index in [4.69, 9.17) is 0 Å². The molecule has 1 nitrogen and oxygen atoms in total. The van der Waals surface area contributed by atoms with E-state index in [1.165, 1.54) is 32.1 Å². The van der Waals surface area contributed by atoms with E-state index in [0.29, 0.717) is 11.1 Å². The Morgan fingerprint density at radius 1 is 1.17 bits per heavy atom. The van der Waals surface area contributed by atoms with Crippen molar-refractivity contribution in [2.24, 2.45) is 5.92 Å². The van der Waals surface area contributed by atoms with E-state index < -0.39 is 0 Å². The largest absolute Gasteiger partial charge is 0.306 e. The summed E-state index contributed by atoms with van der Waals surface area (Å²) in [6.07, 6.45) is 6.95. The van der Waals surface area contributed by atoms with Gasteiger partial charge in [0.25, 0.3) is 0 Å². The van der Waals surface area contributed by atoms with E-state index in [0.717, 1.165) is 5.92 Å². The molecule has 0 radical (unpaired) electrons. The van der Waals surface area contributed by atoms with Crippen LogP contribution >= 0.6 is 0 Å². The number of rotatable bonds is 1. The van der Waals surface area contributed by atoms with E-state index in [1.54, 1.807) is 0 Å². The third-order valence-electron chi connectivity index (χ3n) is 3.89. The minimum atomic E-state index is 0.480. The van der Waals surface area contributed by atoms with E-state index in [9.17, 15) is 0 Å². The second-order valence-electron chi connectivity index (χ2n) is 5.43. The van der Waals surface area contributed by atoms with Crippen molar-refractivity contribution in [2.75, 3.05) is 0 Å². The van der Waals surface area contributed by atoms with Crippen molar-refractivity contribution in [3.63, 3.8) is 0 Å². The average molecular weight is 167 g/mol. The van der Waals surface area contributed by atoms with Gasteiger partial charge in [-0.15, -0.1) is 0 Å². The maximum Gasteiger partial charge on any atom is 0.0161 e. The van der Waals surface area contributed by atoms with Gasteiger partial charge in [-0.25, -0.2) is 0 Å². The Hall–Kier alpha value is -0.0400. The fraction of sp³-hybridized carbons (Fsp3) is 1.00. The van der Waals surface area contributed by atoms with Crippen LogP contribution in [0.2, 0.25) is 0 Å². The van der Waals surface area contributed by atoms with Crippen LogP contribution in [0.4, 0.5) is 0 Å². The van der Waals surface area contributed by atoms with E-state index in [1.807, 2.05) is 0 Å². The first-order chi connectivity index (χ1) is 5.55. The quantitative estimate of drug-likeness (QED) is 0.633. The van der Waals surface area contributed by atoms with Crippen LogP contribution < -0.4 is 5.32 Å². The molecule has 0 aromatic heterocycles. The van der Waals surface area contributed by atoms with Gasteiger partial charge in [-0.2, -0.15) is 0 Å². The van der Waals surface area contributed by atoms with Crippen molar-refractivity contribution in [3.8, 4) is 0 Å². The molecular formula is C11H21N. The molecule has 70 valence electrons. The first-order valence-corrected chi connectivity index (χ1v) is 5.35. The van der Waals surface area contributed by atoms with Crippen LogP contribution in [0.5, 0.6) is 0 Å². The highest BCUT2D eigenvalue weighted by molar-refractivity contribution is 5.07. The molecule has 0 aliphatic carbocycles. The lowest BCUT2D eigenvalue weighted by Gasteiger charge is -2.41. The van der Waals surface area contributed by atoms with Gasteiger partial charge in [-0.3, -0.25) is 0 Å². The average Bonchev–Trinajstić information content (AvgIpc) is 2.20. The second kappa shape index (κ2) is 2.47. The highest BCUT2D eigenvalue weighted by atomic mass is 15.1. The summed E-state index contributed by atoms with van der Waals surface area (Å²) in [5.74, 6) is 0.976. The lowest BCUT2D eigenvalue weighted by atomic mass is 9.79. The summed E-state index contributed by atoms with van der Waals surface area (Å²) in [4.78, 5) is 0. The summed E-state index contributed by atoms with van der Waals surface area (Å²) in [7, 11) is 0. The zero-order chi connectivity index (χ0) is 8.82. The summed E-state index contributed by atoms with van der Waals surface area (Å²) < 4.78 is 0.